The normalized spacial score (nSPS) is 13.7. The van der Waals surface area contributed by atoms with Gasteiger partial charge in [0.15, 0.2) is 0 Å². The Bertz CT molecular complexity index is 206. The first-order valence-electron chi connectivity index (χ1n) is 7.10. The molecule has 0 saturated heterocycles. The predicted octanol–water partition coefficient (Wildman–Crippen LogP) is 1.90. The SMILES string of the molecule is CCN(CC)C(N(CC)CC)C(C)(C)C=C[SiH3]. The van der Waals surface area contributed by atoms with Crippen LogP contribution >= 0.6 is 0 Å². The molecule has 102 valence electrons. The lowest BCUT2D eigenvalue weighted by Crippen LogP contribution is -2.55. The standard InChI is InChI=1S/C14H32N2Si/c1-7-15(8-2)13(16(9-3)10-4)14(5,6)11-12-17/h11-13H,7-10H2,1-6,17H3. The van der Waals surface area contributed by atoms with Gasteiger partial charge in [0.2, 0.25) is 0 Å². The summed E-state index contributed by atoms with van der Waals surface area (Å²) in [5.41, 5.74) is 2.54. The second-order valence-corrected chi connectivity index (χ2v) is 5.80. The van der Waals surface area contributed by atoms with Gasteiger partial charge in [-0.25, -0.2) is 0 Å². The Hall–Kier alpha value is -0.123. The van der Waals surface area contributed by atoms with E-state index < -0.39 is 0 Å². The Labute approximate surface area is 111 Å². The summed E-state index contributed by atoms with van der Waals surface area (Å²) >= 11 is 0. The summed E-state index contributed by atoms with van der Waals surface area (Å²) in [5.74, 6) is 0. The van der Waals surface area contributed by atoms with Gasteiger partial charge in [0.1, 0.15) is 0 Å². The van der Waals surface area contributed by atoms with Crippen molar-refractivity contribution in [3.63, 3.8) is 0 Å². The molecule has 0 aromatic heterocycles. The smallest absolute Gasteiger partial charge is 0.0710 e. The molecule has 0 aliphatic heterocycles. The predicted molar refractivity (Wildman–Crippen MR) is 82.5 cm³/mol. The first-order valence-corrected chi connectivity index (χ1v) is 8.25. The summed E-state index contributed by atoms with van der Waals surface area (Å²) in [5, 5.41) is 0. The molecule has 3 heteroatoms. The van der Waals surface area contributed by atoms with Crippen molar-refractivity contribution in [1.82, 2.24) is 9.80 Å². The van der Waals surface area contributed by atoms with Gasteiger partial charge in [0.25, 0.3) is 0 Å². The lowest BCUT2D eigenvalue weighted by molar-refractivity contribution is -0.00708. The molecule has 0 bridgehead atoms. The van der Waals surface area contributed by atoms with E-state index >= 15 is 0 Å². The molecule has 0 amide bonds. The van der Waals surface area contributed by atoms with Crippen LogP contribution in [0.2, 0.25) is 0 Å². The van der Waals surface area contributed by atoms with Crippen LogP contribution in [0.1, 0.15) is 41.5 Å². The molecule has 0 saturated carbocycles. The third-order valence-electron chi connectivity index (χ3n) is 3.58. The maximum Gasteiger partial charge on any atom is 0.0710 e. The zero-order chi connectivity index (χ0) is 13.5. The lowest BCUT2D eigenvalue weighted by Gasteiger charge is -2.46. The Morgan fingerprint density at radius 1 is 0.941 bits per heavy atom. The van der Waals surface area contributed by atoms with Crippen molar-refractivity contribution in [3.8, 4) is 0 Å². The Morgan fingerprint density at radius 2 is 1.29 bits per heavy atom. The van der Waals surface area contributed by atoms with Crippen molar-refractivity contribution < 1.29 is 0 Å². The van der Waals surface area contributed by atoms with Gasteiger partial charge < -0.3 is 0 Å². The van der Waals surface area contributed by atoms with Crippen LogP contribution in [-0.4, -0.2) is 52.4 Å². The maximum atomic E-state index is 2.58. The molecular formula is C14H32N2Si. The molecule has 17 heavy (non-hydrogen) atoms. The molecule has 0 aromatic carbocycles. The quantitative estimate of drug-likeness (QED) is 0.483. The molecule has 0 rings (SSSR count). The third-order valence-corrected chi connectivity index (χ3v) is 3.91. The van der Waals surface area contributed by atoms with E-state index in [0.29, 0.717) is 6.17 Å². The number of nitrogens with zero attached hydrogens (tertiary/aromatic N) is 2. The van der Waals surface area contributed by atoms with Gasteiger partial charge in [0, 0.05) is 15.7 Å². The minimum Gasteiger partial charge on any atom is -0.288 e. The molecule has 0 heterocycles. The Morgan fingerprint density at radius 3 is 1.53 bits per heavy atom. The van der Waals surface area contributed by atoms with E-state index in [1.807, 2.05) is 0 Å². The average Bonchev–Trinajstić information content (AvgIpc) is 2.29. The minimum atomic E-state index is 0.222. The topological polar surface area (TPSA) is 6.48 Å². The number of hydrogen-bond donors (Lipinski definition) is 0. The molecule has 0 N–H and O–H groups in total. The molecular weight excluding hydrogens is 224 g/mol. The monoisotopic (exact) mass is 256 g/mol. The van der Waals surface area contributed by atoms with Gasteiger partial charge in [-0.15, -0.1) is 5.70 Å². The van der Waals surface area contributed by atoms with Crippen LogP contribution in [0, 0.1) is 5.41 Å². The van der Waals surface area contributed by atoms with Crippen LogP contribution in [0.3, 0.4) is 0 Å². The summed E-state index contributed by atoms with van der Waals surface area (Å²) in [7, 11) is 1.15. The van der Waals surface area contributed by atoms with E-state index in [1.165, 1.54) is 0 Å². The van der Waals surface area contributed by atoms with E-state index in [1.54, 1.807) is 0 Å². The van der Waals surface area contributed by atoms with E-state index in [4.69, 9.17) is 0 Å². The highest BCUT2D eigenvalue weighted by Gasteiger charge is 2.34. The van der Waals surface area contributed by atoms with Crippen LogP contribution in [-0.2, 0) is 0 Å². The molecule has 0 aliphatic carbocycles. The van der Waals surface area contributed by atoms with Gasteiger partial charge in [-0.05, 0) is 26.2 Å². The van der Waals surface area contributed by atoms with Crippen molar-refractivity contribution in [3.05, 3.63) is 11.8 Å². The number of hydrogen-bond acceptors (Lipinski definition) is 2. The fraction of sp³-hybridized carbons (Fsp3) is 0.857. The Balaban J connectivity index is 5.21. The molecule has 0 fully saturated rings. The first kappa shape index (κ1) is 16.9. The average molecular weight is 257 g/mol. The molecule has 0 aliphatic rings. The first-order chi connectivity index (χ1) is 7.98. The van der Waals surface area contributed by atoms with Crippen molar-refractivity contribution in [2.45, 2.75) is 47.7 Å². The summed E-state index contributed by atoms with van der Waals surface area (Å²) in [6, 6.07) is 0. The molecule has 0 aromatic rings. The zero-order valence-electron chi connectivity index (χ0n) is 13.0. The van der Waals surface area contributed by atoms with Crippen LogP contribution in [0.15, 0.2) is 11.8 Å². The minimum absolute atomic E-state index is 0.222. The molecule has 0 spiro atoms. The van der Waals surface area contributed by atoms with Gasteiger partial charge in [0.05, 0.1) is 6.17 Å². The van der Waals surface area contributed by atoms with Crippen LogP contribution in [0.5, 0.6) is 0 Å². The fourth-order valence-corrected chi connectivity index (χ4v) is 3.69. The van der Waals surface area contributed by atoms with E-state index in [0.717, 1.165) is 36.4 Å². The van der Waals surface area contributed by atoms with E-state index in [-0.39, 0.29) is 5.41 Å². The van der Waals surface area contributed by atoms with Gasteiger partial charge >= 0.3 is 0 Å². The molecule has 0 radical (unpaired) electrons. The van der Waals surface area contributed by atoms with E-state index in [2.05, 4.69) is 63.1 Å². The van der Waals surface area contributed by atoms with Crippen LogP contribution in [0.4, 0.5) is 0 Å². The largest absolute Gasteiger partial charge is 0.288 e. The second-order valence-electron chi connectivity index (χ2n) is 5.14. The lowest BCUT2D eigenvalue weighted by atomic mass is 9.87. The summed E-state index contributed by atoms with van der Waals surface area (Å²) < 4.78 is 0. The van der Waals surface area contributed by atoms with Crippen molar-refractivity contribution in [2.24, 2.45) is 5.41 Å². The van der Waals surface area contributed by atoms with Crippen molar-refractivity contribution >= 4 is 10.2 Å². The van der Waals surface area contributed by atoms with Crippen molar-refractivity contribution in [2.75, 3.05) is 26.2 Å². The van der Waals surface area contributed by atoms with E-state index in [9.17, 15) is 0 Å². The van der Waals surface area contributed by atoms with Crippen molar-refractivity contribution in [1.29, 1.82) is 0 Å². The zero-order valence-corrected chi connectivity index (χ0v) is 15.0. The van der Waals surface area contributed by atoms with Gasteiger partial charge in [-0.3, -0.25) is 9.80 Å². The highest BCUT2D eigenvalue weighted by atomic mass is 28.1. The van der Waals surface area contributed by atoms with Crippen LogP contribution in [0.25, 0.3) is 0 Å². The van der Waals surface area contributed by atoms with Crippen LogP contribution < -0.4 is 0 Å². The number of rotatable bonds is 8. The molecule has 2 nitrogen and oxygen atoms in total. The maximum absolute atomic E-state index is 2.58. The Kier molecular flexibility index (Phi) is 8.00. The second kappa shape index (κ2) is 8.06. The summed E-state index contributed by atoms with van der Waals surface area (Å²) in [6.45, 7) is 18.3. The highest BCUT2D eigenvalue weighted by molar-refractivity contribution is 6.17. The summed E-state index contributed by atoms with van der Waals surface area (Å²) in [4.78, 5) is 5.16. The summed E-state index contributed by atoms with van der Waals surface area (Å²) in [6.07, 6.45) is 2.92. The highest BCUT2D eigenvalue weighted by Crippen LogP contribution is 2.29. The molecule has 0 unspecified atom stereocenters. The van der Waals surface area contributed by atoms with Gasteiger partial charge in [-0.1, -0.05) is 47.6 Å². The fourth-order valence-electron chi connectivity index (χ4n) is 2.83. The van der Waals surface area contributed by atoms with Gasteiger partial charge in [-0.2, -0.15) is 0 Å². The molecule has 0 atom stereocenters. The third kappa shape index (κ3) is 4.57.